The molecular formula is C17H25N3O3. The van der Waals surface area contributed by atoms with Crippen LogP contribution in [0.3, 0.4) is 0 Å². The van der Waals surface area contributed by atoms with Crippen molar-refractivity contribution in [3.63, 3.8) is 0 Å². The van der Waals surface area contributed by atoms with Gasteiger partial charge in [-0.25, -0.2) is 4.79 Å². The molecule has 3 rings (SSSR count). The van der Waals surface area contributed by atoms with E-state index in [0.29, 0.717) is 19.5 Å². The van der Waals surface area contributed by atoms with Crippen LogP contribution in [0.5, 0.6) is 0 Å². The van der Waals surface area contributed by atoms with E-state index in [1.165, 1.54) is 12.8 Å². The second-order valence-electron chi connectivity index (χ2n) is 7.67. The lowest BCUT2D eigenvalue weighted by atomic mass is 9.94. The number of carbonyl (C=O) groups is 2. The van der Waals surface area contributed by atoms with E-state index >= 15 is 0 Å². The summed E-state index contributed by atoms with van der Waals surface area (Å²) in [5.74, 6) is 0.701. The number of fused-ring (bicyclic) bond motifs is 1. The molecule has 0 aromatic carbocycles. The van der Waals surface area contributed by atoms with Crippen LogP contribution in [-0.2, 0) is 22.6 Å². The molecule has 2 heterocycles. The minimum atomic E-state index is -0.520. The van der Waals surface area contributed by atoms with Crippen molar-refractivity contribution >= 4 is 12.4 Å². The molecule has 1 aromatic rings. The third kappa shape index (κ3) is 3.92. The van der Waals surface area contributed by atoms with Gasteiger partial charge in [0.2, 0.25) is 0 Å². The largest absolute Gasteiger partial charge is 0.444 e. The van der Waals surface area contributed by atoms with Crippen LogP contribution in [0.2, 0.25) is 0 Å². The topological polar surface area (TPSA) is 64.4 Å². The minimum Gasteiger partial charge on any atom is -0.444 e. The van der Waals surface area contributed by atoms with Gasteiger partial charge in [-0.1, -0.05) is 0 Å². The summed E-state index contributed by atoms with van der Waals surface area (Å²) < 4.78 is 7.46. The molecule has 1 aliphatic heterocycles. The zero-order valence-electron chi connectivity index (χ0n) is 14.1. The number of hydrogen-bond donors (Lipinski definition) is 0. The lowest BCUT2D eigenvalue weighted by Crippen LogP contribution is -2.41. The van der Waals surface area contributed by atoms with Crippen molar-refractivity contribution < 1.29 is 14.3 Å². The maximum Gasteiger partial charge on any atom is 0.410 e. The first kappa shape index (κ1) is 16.0. The summed E-state index contributed by atoms with van der Waals surface area (Å²) in [6.07, 6.45) is 5.54. The van der Waals surface area contributed by atoms with E-state index in [4.69, 9.17) is 4.74 Å². The van der Waals surface area contributed by atoms with Gasteiger partial charge in [-0.15, -0.1) is 0 Å². The normalized spacial score (nSPS) is 21.0. The van der Waals surface area contributed by atoms with Crippen LogP contribution >= 0.6 is 0 Å². The molecule has 23 heavy (non-hydrogen) atoms. The van der Waals surface area contributed by atoms with Crippen LogP contribution in [0.15, 0.2) is 6.20 Å². The first-order valence-electron chi connectivity index (χ1n) is 8.33. The zero-order valence-corrected chi connectivity index (χ0v) is 14.1. The number of aromatic nitrogens is 2. The predicted octanol–water partition coefficient (Wildman–Crippen LogP) is 2.72. The van der Waals surface area contributed by atoms with Gasteiger partial charge >= 0.3 is 6.09 Å². The molecule has 0 spiro atoms. The molecule has 1 amide bonds. The molecule has 1 atom stereocenters. The molecule has 0 radical (unpaired) electrons. The molecule has 0 bridgehead atoms. The lowest BCUT2D eigenvalue weighted by molar-refractivity contribution is -0.108. The van der Waals surface area contributed by atoms with Crippen molar-refractivity contribution in [1.29, 1.82) is 0 Å². The van der Waals surface area contributed by atoms with Crippen LogP contribution in [0.1, 0.15) is 57.2 Å². The summed E-state index contributed by atoms with van der Waals surface area (Å²) in [7, 11) is 0. The van der Waals surface area contributed by atoms with Gasteiger partial charge in [0.1, 0.15) is 11.9 Å². The van der Waals surface area contributed by atoms with Gasteiger partial charge in [-0.05, 0) is 39.5 Å². The molecule has 6 heteroatoms. The number of ether oxygens (including phenoxy) is 1. The Morgan fingerprint density at radius 3 is 2.78 bits per heavy atom. The predicted molar refractivity (Wildman–Crippen MR) is 85.0 cm³/mol. The number of carbonyl (C=O) groups excluding carboxylic acids is 2. The summed E-state index contributed by atoms with van der Waals surface area (Å²) in [6.45, 7) is 7.50. The average Bonchev–Trinajstić information content (AvgIpc) is 3.14. The Kier molecular flexibility index (Phi) is 4.17. The van der Waals surface area contributed by atoms with Gasteiger partial charge in [0.25, 0.3) is 0 Å². The Morgan fingerprint density at radius 1 is 1.43 bits per heavy atom. The number of nitrogens with zero attached hydrogens (tertiary/aromatic N) is 3. The summed E-state index contributed by atoms with van der Waals surface area (Å²) >= 11 is 0. The SMILES string of the molecule is CC(C)(C)OC(=O)N1Cc2cn(CC3CC3)nc2C(CC=O)C1. The Hall–Kier alpha value is -1.85. The first-order chi connectivity index (χ1) is 10.9. The minimum absolute atomic E-state index is 0.0378. The Bertz CT molecular complexity index is 599. The van der Waals surface area contributed by atoms with E-state index in [-0.39, 0.29) is 12.0 Å². The van der Waals surface area contributed by atoms with Crippen molar-refractivity contribution in [2.45, 2.75) is 64.6 Å². The fraction of sp³-hybridized carbons (Fsp3) is 0.706. The molecule has 1 aromatic heterocycles. The van der Waals surface area contributed by atoms with Crippen molar-refractivity contribution in [3.8, 4) is 0 Å². The van der Waals surface area contributed by atoms with Crippen LogP contribution in [0, 0.1) is 5.92 Å². The van der Waals surface area contributed by atoms with Gasteiger partial charge in [0, 0.05) is 37.2 Å². The third-order valence-corrected chi connectivity index (χ3v) is 4.23. The Labute approximate surface area is 136 Å². The van der Waals surface area contributed by atoms with E-state index in [1.54, 1.807) is 4.90 Å². The Morgan fingerprint density at radius 2 is 2.17 bits per heavy atom. The van der Waals surface area contributed by atoms with E-state index in [0.717, 1.165) is 30.0 Å². The second kappa shape index (κ2) is 5.98. The molecule has 0 saturated heterocycles. The average molecular weight is 319 g/mol. The van der Waals surface area contributed by atoms with Gasteiger partial charge < -0.3 is 14.4 Å². The second-order valence-corrected chi connectivity index (χ2v) is 7.67. The highest BCUT2D eigenvalue weighted by Gasteiger charge is 2.33. The molecule has 1 unspecified atom stereocenters. The van der Waals surface area contributed by atoms with E-state index in [2.05, 4.69) is 5.10 Å². The zero-order chi connectivity index (χ0) is 16.6. The van der Waals surface area contributed by atoms with Crippen LogP contribution in [0.25, 0.3) is 0 Å². The summed E-state index contributed by atoms with van der Waals surface area (Å²) in [5, 5.41) is 4.68. The van der Waals surface area contributed by atoms with Crippen molar-refractivity contribution in [2.75, 3.05) is 6.54 Å². The molecular weight excluding hydrogens is 294 g/mol. The third-order valence-electron chi connectivity index (χ3n) is 4.23. The molecule has 6 nitrogen and oxygen atoms in total. The van der Waals surface area contributed by atoms with Crippen molar-refractivity contribution in [2.24, 2.45) is 5.92 Å². The highest BCUT2D eigenvalue weighted by atomic mass is 16.6. The smallest absolute Gasteiger partial charge is 0.410 e. The van der Waals surface area contributed by atoms with Crippen molar-refractivity contribution in [3.05, 3.63) is 17.5 Å². The fourth-order valence-electron chi connectivity index (χ4n) is 2.99. The molecule has 0 N–H and O–H groups in total. The quantitative estimate of drug-likeness (QED) is 0.801. The molecule has 1 saturated carbocycles. The van der Waals surface area contributed by atoms with Gasteiger partial charge in [0.05, 0.1) is 12.2 Å². The molecule has 126 valence electrons. The fourth-order valence-corrected chi connectivity index (χ4v) is 2.99. The highest BCUT2D eigenvalue weighted by Crippen LogP contribution is 2.33. The van der Waals surface area contributed by atoms with E-state index < -0.39 is 5.60 Å². The first-order valence-corrected chi connectivity index (χ1v) is 8.33. The van der Waals surface area contributed by atoms with E-state index in [1.807, 2.05) is 31.6 Å². The van der Waals surface area contributed by atoms with Crippen molar-refractivity contribution in [1.82, 2.24) is 14.7 Å². The monoisotopic (exact) mass is 319 g/mol. The molecule has 2 aliphatic rings. The van der Waals surface area contributed by atoms with Gasteiger partial charge in [-0.2, -0.15) is 5.10 Å². The van der Waals surface area contributed by atoms with Crippen LogP contribution in [0.4, 0.5) is 4.79 Å². The summed E-state index contributed by atoms with van der Waals surface area (Å²) in [4.78, 5) is 25.1. The van der Waals surface area contributed by atoms with Crippen LogP contribution in [-0.4, -0.2) is 39.2 Å². The lowest BCUT2D eigenvalue weighted by Gasteiger charge is -2.32. The highest BCUT2D eigenvalue weighted by molar-refractivity contribution is 5.69. The number of aldehydes is 1. The maximum atomic E-state index is 12.4. The van der Waals surface area contributed by atoms with Crippen LogP contribution < -0.4 is 0 Å². The standard InChI is InChI=1S/C17H25N3O3/c1-17(2,3)23-16(22)19-9-13(6-7-21)15-14(10-19)11-20(18-15)8-12-4-5-12/h7,11-13H,4-6,8-10H2,1-3H3. The van der Waals surface area contributed by atoms with E-state index in [9.17, 15) is 9.59 Å². The van der Waals surface area contributed by atoms with Gasteiger partial charge in [-0.3, -0.25) is 4.68 Å². The number of hydrogen-bond acceptors (Lipinski definition) is 4. The molecule has 1 fully saturated rings. The summed E-state index contributed by atoms with van der Waals surface area (Å²) in [5.41, 5.74) is 1.49. The number of amides is 1. The number of rotatable bonds is 4. The maximum absolute atomic E-state index is 12.4. The summed E-state index contributed by atoms with van der Waals surface area (Å²) in [6, 6.07) is 0. The van der Waals surface area contributed by atoms with Gasteiger partial charge in [0.15, 0.2) is 0 Å². The molecule has 1 aliphatic carbocycles. The Balaban J connectivity index is 1.78.